The van der Waals surface area contributed by atoms with Crippen molar-refractivity contribution < 1.29 is 23.4 Å². The molecule has 0 radical (unpaired) electrons. The lowest BCUT2D eigenvalue weighted by atomic mass is 10.1. The van der Waals surface area contributed by atoms with E-state index in [0.717, 1.165) is 0 Å². The average Bonchev–Trinajstić information content (AvgIpc) is 3.19. The first kappa shape index (κ1) is 20.1. The predicted molar refractivity (Wildman–Crippen MR) is 105 cm³/mol. The van der Waals surface area contributed by atoms with Crippen molar-refractivity contribution in [1.82, 2.24) is 15.2 Å². The second kappa shape index (κ2) is 9.54. The summed E-state index contributed by atoms with van der Waals surface area (Å²) in [5.74, 6) is 1.15. The zero-order chi connectivity index (χ0) is 20.6. The summed E-state index contributed by atoms with van der Waals surface area (Å²) < 4.78 is 22.4. The molecule has 0 aliphatic carbocycles. The Morgan fingerprint density at radius 2 is 1.59 bits per heavy atom. The third kappa shape index (κ3) is 4.81. The molecule has 0 saturated heterocycles. The van der Waals surface area contributed by atoms with E-state index in [2.05, 4.69) is 20.5 Å². The number of anilines is 1. The molecular formula is C20H22N4O5. The number of benzene rings is 1. The molecule has 1 amide bonds. The summed E-state index contributed by atoms with van der Waals surface area (Å²) in [6.07, 6.45) is 3.23. The fraction of sp³-hybridized carbons (Fsp3) is 0.300. The first-order chi connectivity index (χ1) is 14.2. The van der Waals surface area contributed by atoms with Crippen LogP contribution in [0.2, 0.25) is 0 Å². The lowest BCUT2D eigenvalue weighted by molar-refractivity contribution is 0.102. The van der Waals surface area contributed by atoms with Gasteiger partial charge < -0.3 is 18.6 Å². The molecule has 0 fully saturated rings. The van der Waals surface area contributed by atoms with Crippen LogP contribution in [0, 0.1) is 0 Å². The highest BCUT2D eigenvalue weighted by Crippen LogP contribution is 2.39. The van der Waals surface area contributed by atoms with Gasteiger partial charge in [0.25, 0.3) is 5.91 Å². The van der Waals surface area contributed by atoms with Gasteiger partial charge in [-0.05, 0) is 45.0 Å². The van der Waals surface area contributed by atoms with Crippen LogP contribution in [-0.4, -0.2) is 40.9 Å². The maximum Gasteiger partial charge on any atom is 0.322 e. The lowest BCUT2D eigenvalue weighted by Crippen LogP contribution is -2.13. The van der Waals surface area contributed by atoms with E-state index in [9.17, 15) is 4.79 Å². The number of rotatable bonds is 9. The van der Waals surface area contributed by atoms with Crippen molar-refractivity contribution in [1.29, 1.82) is 0 Å². The molecule has 0 aliphatic rings. The fourth-order valence-electron chi connectivity index (χ4n) is 2.57. The predicted octanol–water partition coefficient (Wildman–Crippen LogP) is 3.58. The number of nitrogens with zero attached hydrogens (tertiary/aromatic N) is 3. The monoisotopic (exact) mass is 398 g/mol. The molecule has 0 unspecified atom stereocenters. The maximum absolute atomic E-state index is 12.7. The first-order valence-corrected chi connectivity index (χ1v) is 9.27. The summed E-state index contributed by atoms with van der Waals surface area (Å²) in [5.41, 5.74) is 1.01. The van der Waals surface area contributed by atoms with Crippen molar-refractivity contribution in [2.24, 2.45) is 0 Å². The number of carbonyl (C=O) groups is 1. The van der Waals surface area contributed by atoms with Crippen LogP contribution in [0.25, 0.3) is 11.5 Å². The molecule has 2 aromatic heterocycles. The van der Waals surface area contributed by atoms with E-state index >= 15 is 0 Å². The first-order valence-electron chi connectivity index (χ1n) is 9.27. The normalized spacial score (nSPS) is 10.4. The van der Waals surface area contributed by atoms with E-state index < -0.39 is 5.91 Å². The lowest BCUT2D eigenvalue weighted by Gasteiger charge is -2.16. The molecule has 3 aromatic rings. The second-order valence-electron chi connectivity index (χ2n) is 5.70. The SMILES string of the molecule is CCOc1cc(C(=O)Nc2nnc(-c3ccncc3)o2)cc(OCC)c1OCC. The number of pyridine rings is 1. The van der Waals surface area contributed by atoms with Crippen LogP contribution in [0.5, 0.6) is 17.2 Å². The minimum atomic E-state index is -0.445. The summed E-state index contributed by atoms with van der Waals surface area (Å²) in [5, 5.41) is 10.4. The van der Waals surface area contributed by atoms with Crippen molar-refractivity contribution in [3.8, 4) is 28.7 Å². The van der Waals surface area contributed by atoms with Gasteiger partial charge in [0.15, 0.2) is 11.5 Å². The zero-order valence-electron chi connectivity index (χ0n) is 16.5. The van der Waals surface area contributed by atoms with Crippen LogP contribution < -0.4 is 19.5 Å². The topological polar surface area (TPSA) is 109 Å². The Morgan fingerprint density at radius 3 is 2.17 bits per heavy atom. The van der Waals surface area contributed by atoms with Gasteiger partial charge in [-0.2, -0.15) is 0 Å². The van der Waals surface area contributed by atoms with Gasteiger partial charge >= 0.3 is 6.01 Å². The summed E-state index contributed by atoms with van der Waals surface area (Å²) in [6, 6.07) is 6.62. The van der Waals surface area contributed by atoms with E-state index in [1.165, 1.54) is 0 Å². The van der Waals surface area contributed by atoms with E-state index in [4.69, 9.17) is 18.6 Å². The Kier molecular flexibility index (Phi) is 6.62. The van der Waals surface area contributed by atoms with E-state index in [1.807, 2.05) is 20.8 Å². The molecule has 0 spiro atoms. The molecule has 2 heterocycles. The van der Waals surface area contributed by atoms with Crippen LogP contribution in [0.15, 0.2) is 41.1 Å². The minimum absolute atomic E-state index is 0.0217. The molecular weight excluding hydrogens is 376 g/mol. The Morgan fingerprint density at radius 1 is 0.966 bits per heavy atom. The minimum Gasteiger partial charge on any atom is -0.490 e. The van der Waals surface area contributed by atoms with Gasteiger partial charge in [0.05, 0.1) is 19.8 Å². The quantitative estimate of drug-likeness (QED) is 0.583. The molecule has 1 N–H and O–H groups in total. The van der Waals surface area contributed by atoms with Crippen molar-refractivity contribution in [2.75, 3.05) is 25.1 Å². The Balaban J connectivity index is 1.85. The van der Waals surface area contributed by atoms with Crippen molar-refractivity contribution in [3.63, 3.8) is 0 Å². The second-order valence-corrected chi connectivity index (χ2v) is 5.70. The highest BCUT2D eigenvalue weighted by molar-refractivity contribution is 6.04. The van der Waals surface area contributed by atoms with Gasteiger partial charge in [0, 0.05) is 23.5 Å². The molecule has 0 bridgehead atoms. The van der Waals surface area contributed by atoms with Crippen LogP contribution in [0.4, 0.5) is 6.01 Å². The van der Waals surface area contributed by atoms with Crippen LogP contribution >= 0.6 is 0 Å². The zero-order valence-corrected chi connectivity index (χ0v) is 16.5. The number of nitrogens with one attached hydrogen (secondary N) is 1. The van der Waals surface area contributed by atoms with Gasteiger partial charge in [0.2, 0.25) is 11.6 Å². The van der Waals surface area contributed by atoms with Gasteiger partial charge in [-0.15, -0.1) is 5.10 Å². The van der Waals surface area contributed by atoms with Crippen LogP contribution in [0.1, 0.15) is 31.1 Å². The number of carbonyl (C=O) groups excluding carboxylic acids is 1. The molecule has 29 heavy (non-hydrogen) atoms. The molecule has 0 saturated carbocycles. The van der Waals surface area contributed by atoms with E-state index in [0.29, 0.717) is 48.2 Å². The van der Waals surface area contributed by atoms with Gasteiger partial charge in [-0.1, -0.05) is 5.10 Å². The van der Waals surface area contributed by atoms with Crippen molar-refractivity contribution >= 4 is 11.9 Å². The molecule has 1 aromatic carbocycles. The molecule has 152 valence electrons. The molecule has 9 nitrogen and oxygen atoms in total. The number of amides is 1. The third-order valence-electron chi connectivity index (χ3n) is 3.74. The number of aromatic nitrogens is 3. The van der Waals surface area contributed by atoms with Crippen molar-refractivity contribution in [3.05, 3.63) is 42.2 Å². The number of hydrogen-bond acceptors (Lipinski definition) is 8. The van der Waals surface area contributed by atoms with Gasteiger partial charge in [-0.25, -0.2) is 0 Å². The van der Waals surface area contributed by atoms with Gasteiger partial charge in [0.1, 0.15) is 0 Å². The van der Waals surface area contributed by atoms with Crippen LogP contribution in [0.3, 0.4) is 0 Å². The third-order valence-corrected chi connectivity index (χ3v) is 3.74. The Bertz CT molecular complexity index is 932. The van der Waals surface area contributed by atoms with E-state index in [-0.39, 0.29) is 11.9 Å². The summed E-state index contributed by atoms with van der Waals surface area (Å²) in [4.78, 5) is 16.7. The molecule has 0 atom stereocenters. The molecule has 0 aliphatic heterocycles. The standard InChI is InChI=1S/C20H22N4O5/c1-4-26-15-11-14(12-16(27-5-2)17(15)28-6-3)18(25)22-20-24-23-19(29-20)13-7-9-21-10-8-13/h7-12H,4-6H2,1-3H3,(H,22,24,25). The smallest absolute Gasteiger partial charge is 0.322 e. The average molecular weight is 398 g/mol. The molecule has 3 rings (SSSR count). The maximum atomic E-state index is 12.7. The van der Waals surface area contributed by atoms with E-state index in [1.54, 1.807) is 36.7 Å². The summed E-state index contributed by atoms with van der Waals surface area (Å²) in [6.45, 7) is 6.82. The highest BCUT2D eigenvalue weighted by atomic mass is 16.5. The van der Waals surface area contributed by atoms with Gasteiger partial charge in [-0.3, -0.25) is 15.1 Å². The summed E-state index contributed by atoms with van der Waals surface area (Å²) in [7, 11) is 0. The fourth-order valence-corrected chi connectivity index (χ4v) is 2.57. The van der Waals surface area contributed by atoms with Crippen molar-refractivity contribution in [2.45, 2.75) is 20.8 Å². The largest absolute Gasteiger partial charge is 0.490 e. The number of hydrogen-bond donors (Lipinski definition) is 1. The summed E-state index contributed by atoms with van der Waals surface area (Å²) >= 11 is 0. The number of ether oxygens (including phenoxy) is 3. The highest BCUT2D eigenvalue weighted by Gasteiger charge is 2.20. The Hall–Kier alpha value is -3.62. The molecule has 9 heteroatoms. The Labute approximate surface area is 168 Å². The van der Waals surface area contributed by atoms with Crippen LogP contribution in [-0.2, 0) is 0 Å².